The van der Waals surface area contributed by atoms with Crippen LogP contribution in [0.1, 0.15) is 34.9 Å². The van der Waals surface area contributed by atoms with E-state index >= 15 is 0 Å². The van der Waals surface area contributed by atoms with Gasteiger partial charge >= 0.3 is 6.03 Å². The Morgan fingerprint density at radius 2 is 1.68 bits per heavy atom. The molecule has 3 aromatic carbocycles. The Morgan fingerprint density at radius 3 is 2.39 bits per heavy atom. The van der Waals surface area contributed by atoms with Gasteiger partial charge in [0.2, 0.25) is 0 Å². The number of primary amides is 1. The number of rotatable bonds is 3. The Kier molecular flexibility index (Phi) is 4.99. The molecular formula is C26H26ClN2O2+. The van der Waals surface area contributed by atoms with Crippen molar-refractivity contribution in [2.24, 2.45) is 0 Å². The molecule has 0 radical (unpaired) electrons. The van der Waals surface area contributed by atoms with Gasteiger partial charge in [0.1, 0.15) is 11.8 Å². The lowest BCUT2D eigenvalue weighted by atomic mass is 9.74. The molecule has 0 bridgehead atoms. The predicted octanol–water partition coefficient (Wildman–Crippen LogP) is 4.51. The van der Waals surface area contributed by atoms with Gasteiger partial charge in [-0.15, -0.1) is 0 Å². The number of halogens is 1. The van der Waals surface area contributed by atoms with E-state index in [1.165, 1.54) is 11.1 Å². The number of carbonyl (C=O) groups excluding carboxylic acids is 1. The molecular weight excluding hydrogens is 408 g/mol. The van der Waals surface area contributed by atoms with Crippen LogP contribution in [0.15, 0.2) is 78.9 Å². The van der Waals surface area contributed by atoms with E-state index < -0.39 is 5.60 Å². The molecule has 3 aromatic rings. The van der Waals surface area contributed by atoms with Gasteiger partial charge in [0.05, 0.1) is 5.92 Å². The van der Waals surface area contributed by atoms with E-state index in [2.05, 4.69) is 48.5 Å². The minimum atomic E-state index is -0.594. The molecule has 5 heteroatoms. The summed E-state index contributed by atoms with van der Waals surface area (Å²) in [6.45, 7) is 0. The van der Waals surface area contributed by atoms with E-state index in [1.807, 2.05) is 35.6 Å². The summed E-state index contributed by atoms with van der Waals surface area (Å²) in [7, 11) is 3.60. The van der Waals surface area contributed by atoms with Gasteiger partial charge in [-0.2, -0.15) is 0 Å². The molecule has 1 unspecified atom stereocenters. The smallest absolute Gasteiger partial charge is 0.415 e. The molecule has 0 saturated heterocycles. The molecule has 2 amide bonds. The summed E-state index contributed by atoms with van der Waals surface area (Å²) in [4.78, 5) is 14.4. The molecule has 2 N–H and O–H groups in total. The van der Waals surface area contributed by atoms with Crippen molar-refractivity contribution in [2.75, 3.05) is 14.1 Å². The highest BCUT2D eigenvalue weighted by Crippen LogP contribution is 2.63. The van der Waals surface area contributed by atoms with Gasteiger partial charge in [0.15, 0.2) is 5.60 Å². The first-order valence-corrected chi connectivity index (χ1v) is 11.0. The third kappa shape index (κ3) is 3.22. The van der Waals surface area contributed by atoms with E-state index in [0.717, 1.165) is 17.7 Å². The van der Waals surface area contributed by atoms with Crippen molar-refractivity contribution in [3.8, 4) is 5.75 Å². The Bertz CT molecular complexity index is 1100. The Morgan fingerprint density at radius 1 is 1.00 bits per heavy atom. The van der Waals surface area contributed by atoms with Crippen molar-refractivity contribution in [3.05, 3.63) is 101 Å². The van der Waals surface area contributed by atoms with E-state index in [-0.39, 0.29) is 23.9 Å². The number of nitrogens with zero attached hydrogens (tertiary/aromatic N) is 1. The number of para-hydroxylation sites is 1. The highest BCUT2D eigenvalue weighted by molar-refractivity contribution is 6.30. The fraction of sp³-hybridized carbons (Fsp3) is 0.269. The van der Waals surface area contributed by atoms with Gasteiger partial charge in [-0.1, -0.05) is 72.3 Å². The molecule has 1 saturated carbocycles. The van der Waals surface area contributed by atoms with Crippen LogP contribution in [-0.2, 0) is 5.60 Å². The van der Waals surface area contributed by atoms with E-state index in [0.29, 0.717) is 5.02 Å². The lowest BCUT2D eigenvalue weighted by Gasteiger charge is -2.35. The molecule has 158 valence electrons. The molecule has 0 aromatic heterocycles. The van der Waals surface area contributed by atoms with Crippen LogP contribution in [0.3, 0.4) is 0 Å². The number of amides is 2. The maximum atomic E-state index is 12.7. The number of ether oxygens (including phenoxy) is 1. The van der Waals surface area contributed by atoms with Crippen LogP contribution in [0.25, 0.3) is 0 Å². The number of nitrogens with two attached hydrogens (primary N) is 1. The fourth-order valence-electron chi connectivity index (χ4n) is 5.44. The largest absolute Gasteiger partial charge is 0.481 e. The van der Waals surface area contributed by atoms with Gasteiger partial charge in [0, 0.05) is 37.0 Å². The lowest BCUT2D eigenvalue weighted by Crippen LogP contribution is -2.95. The number of benzene rings is 3. The minimum absolute atomic E-state index is 0.0353. The molecule has 5 rings (SSSR count). The van der Waals surface area contributed by atoms with Crippen molar-refractivity contribution in [1.29, 1.82) is 0 Å². The second-order valence-corrected chi connectivity index (χ2v) is 9.12. The summed E-state index contributed by atoms with van der Waals surface area (Å²) < 4.78 is 6.90. The predicted molar refractivity (Wildman–Crippen MR) is 122 cm³/mol. The molecule has 1 heterocycles. The van der Waals surface area contributed by atoms with Crippen molar-refractivity contribution in [1.82, 2.24) is 4.90 Å². The van der Waals surface area contributed by atoms with Crippen LogP contribution < -0.4 is 10.1 Å². The number of quaternary nitrogens is 1. The standard InChI is InChI=1S/C26H25ClN2O2/c1-29(2)25(30)28-22-16-21(17-8-4-3-5-9-17)26(18-12-14-19(27)15-13-18)24(22)20-10-6-7-11-23(20)31-26/h3-15,21-22,24H,16H2,1-2H3,(H,28,30)/p+1/t21-,22+,24?,26-/m0/s1. The van der Waals surface area contributed by atoms with Crippen LogP contribution >= 0.6 is 11.6 Å². The number of hydrogen-bond acceptors (Lipinski definition) is 2. The molecule has 4 nitrogen and oxygen atoms in total. The molecule has 1 aliphatic heterocycles. The molecule has 4 atom stereocenters. The fourth-order valence-corrected chi connectivity index (χ4v) is 5.57. The summed E-state index contributed by atoms with van der Waals surface area (Å²) in [6, 6.07) is 26.9. The second-order valence-electron chi connectivity index (χ2n) is 8.68. The van der Waals surface area contributed by atoms with E-state index in [9.17, 15) is 4.79 Å². The van der Waals surface area contributed by atoms with Crippen LogP contribution in [-0.4, -0.2) is 31.1 Å². The Hall–Kier alpha value is -2.82. The Balaban J connectivity index is 1.71. The monoisotopic (exact) mass is 433 g/mol. The maximum absolute atomic E-state index is 12.7. The van der Waals surface area contributed by atoms with Crippen LogP contribution in [0, 0.1) is 0 Å². The van der Waals surface area contributed by atoms with Crippen LogP contribution in [0.4, 0.5) is 4.79 Å². The first-order valence-electron chi connectivity index (χ1n) is 10.7. The quantitative estimate of drug-likeness (QED) is 0.660. The van der Waals surface area contributed by atoms with E-state index in [4.69, 9.17) is 16.3 Å². The summed E-state index contributed by atoms with van der Waals surface area (Å²) >= 11 is 6.24. The van der Waals surface area contributed by atoms with Crippen LogP contribution in [0.5, 0.6) is 5.75 Å². The molecule has 2 aliphatic rings. The molecule has 0 spiro atoms. The highest BCUT2D eigenvalue weighted by Gasteiger charge is 2.65. The summed E-state index contributed by atoms with van der Waals surface area (Å²) in [5.41, 5.74) is 2.90. The SMILES string of the molecule is CN(C)C(=O)[NH2+][C@@H]1C[C@@H](c2ccccc2)[C@]2(c3ccc(Cl)cc3)Oc3ccccc3C12. The van der Waals surface area contributed by atoms with Gasteiger partial charge in [-0.25, -0.2) is 4.79 Å². The maximum Gasteiger partial charge on any atom is 0.415 e. The third-order valence-electron chi connectivity index (χ3n) is 6.74. The first kappa shape index (κ1) is 20.1. The van der Waals surface area contributed by atoms with Gasteiger partial charge in [-0.3, -0.25) is 10.2 Å². The minimum Gasteiger partial charge on any atom is -0.481 e. The van der Waals surface area contributed by atoms with Gasteiger partial charge in [0.25, 0.3) is 0 Å². The molecule has 31 heavy (non-hydrogen) atoms. The zero-order valence-corrected chi connectivity index (χ0v) is 18.4. The topological polar surface area (TPSA) is 46.2 Å². The third-order valence-corrected chi connectivity index (χ3v) is 7.00. The van der Waals surface area contributed by atoms with Gasteiger partial charge in [-0.05, 0) is 29.3 Å². The number of carbonyl (C=O) groups is 1. The number of fused-ring (bicyclic) bond motifs is 3. The lowest BCUT2D eigenvalue weighted by molar-refractivity contribution is -0.603. The van der Waals surface area contributed by atoms with Crippen molar-refractivity contribution in [3.63, 3.8) is 0 Å². The normalized spacial score (nSPS) is 26.1. The Labute approximate surface area is 187 Å². The average molecular weight is 434 g/mol. The van der Waals surface area contributed by atoms with Crippen molar-refractivity contribution >= 4 is 17.6 Å². The summed E-state index contributed by atoms with van der Waals surface area (Å²) in [6.07, 6.45) is 0.839. The zero-order chi connectivity index (χ0) is 21.6. The van der Waals surface area contributed by atoms with Crippen molar-refractivity contribution in [2.45, 2.75) is 29.9 Å². The van der Waals surface area contributed by atoms with Crippen LogP contribution in [0.2, 0.25) is 5.02 Å². The molecule has 1 fully saturated rings. The van der Waals surface area contributed by atoms with Crippen molar-refractivity contribution < 1.29 is 14.8 Å². The first-order chi connectivity index (χ1) is 15.0. The number of hydrogen-bond donors (Lipinski definition) is 1. The number of urea groups is 1. The zero-order valence-electron chi connectivity index (χ0n) is 17.7. The summed E-state index contributed by atoms with van der Waals surface area (Å²) in [5, 5.41) is 2.59. The average Bonchev–Trinajstić information content (AvgIpc) is 3.28. The van der Waals surface area contributed by atoms with Gasteiger partial charge < -0.3 is 4.74 Å². The summed E-state index contributed by atoms with van der Waals surface area (Å²) in [5.74, 6) is 1.04. The highest BCUT2D eigenvalue weighted by atomic mass is 35.5. The van der Waals surface area contributed by atoms with E-state index in [1.54, 1.807) is 19.0 Å². The second kappa shape index (κ2) is 7.70. The molecule has 1 aliphatic carbocycles.